The van der Waals surface area contributed by atoms with Gasteiger partial charge in [-0.2, -0.15) is 0 Å². The molecule has 1 aliphatic carbocycles. The second-order valence-electron chi connectivity index (χ2n) is 4.21. The van der Waals surface area contributed by atoms with E-state index in [-0.39, 0.29) is 11.3 Å². The maximum absolute atomic E-state index is 11.7. The number of aromatic nitrogens is 2. The number of alkyl halides is 1. The van der Waals surface area contributed by atoms with Crippen LogP contribution in [0.1, 0.15) is 23.3 Å². The number of imidazole rings is 1. The Morgan fingerprint density at radius 2 is 2.47 bits per heavy atom. The fraction of sp³-hybridized carbons (Fsp3) is 0.600. The molecule has 1 saturated carbocycles. The molecule has 0 aliphatic heterocycles. The van der Waals surface area contributed by atoms with Gasteiger partial charge in [0.05, 0.1) is 12.5 Å². The minimum atomic E-state index is -0.0774. The van der Waals surface area contributed by atoms with Crippen LogP contribution in [0.3, 0.4) is 0 Å². The van der Waals surface area contributed by atoms with E-state index in [0.29, 0.717) is 18.1 Å². The Balaban J connectivity index is 1.91. The lowest BCUT2D eigenvalue weighted by atomic mass is 10.1. The summed E-state index contributed by atoms with van der Waals surface area (Å²) in [6.07, 6.45) is 5.41. The summed E-state index contributed by atoms with van der Waals surface area (Å²) in [4.78, 5) is 15.6. The Hall–Kier alpha value is -1.03. The zero-order valence-corrected chi connectivity index (χ0v) is 9.42. The van der Waals surface area contributed by atoms with Crippen LogP contribution in [0.25, 0.3) is 0 Å². The average Bonchev–Trinajstić information content (AvgIpc) is 2.91. The van der Waals surface area contributed by atoms with Gasteiger partial charge in [-0.15, -0.1) is 11.6 Å². The molecule has 0 saturated heterocycles. The summed E-state index contributed by atoms with van der Waals surface area (Å²) in [5.41, 5.74) is 0.746. The first-order valence-corrected chi connectivity index (χ1v) is 5.51. The summed E-state index contributed by atoms with van der Waals surface area (Å²) in [5.74, 6) is 0.546. The molecule has 0 aromatic carbocycles. The third-order valence-corrected chi connectivity index (χ3v) is 3.48. The van der Waals surface area contributed by atoms with Crippen LogP contribution < -0.4 is 5.32 Å². The van der Waals surface area contributed by atoms with Crippen molar-refractivity contribution in [1.29, 1.82) is 0 Å². The number of rotatable bonds is 4. The highest BCUT2D eigenvalue weighted by atomic mass is 35.5. The van der Waals surface area contributed by atoms with Gasteiger partial charge >= 0.3 is 0 Å². The summed E-state index contributed by atoms with van der Waals surface area (Å²) in [6, 6.07) is 0. The van der Waals surface area contributed by atoms with Gasteiger partial charge in [-0.05, 0) is 12.8 Å². The number of hydrogen-bond acceptors (Lipinski definition) is 2. The molecule has 82 valence electrons. The first-order chi connectivity index (χ1) is 7.17. The van der Waals surface area contributed by atoms with Crippen molar-refractivity contribution in [1.82, 2.24) is 14.9 Å². The number of nitrogens with zero attached hydrogens (tertiary/aromatic N) is 2. The quantitative estimate of drug-likeness (QED) is 0.785. The minimum Gasteiger partial charge on any atom is -0.350 e. The summed E-state index contributed by atoms with van der Waals surface area (Å²) in [6.45, 7) is 0.667. The van der Waals surface area contributed by atoms with Crippen molar-refractivity contribution in [3.63, 3.8) is 0 Å². The largest absolute Gasteiger partial charge is 0.350 e. The van der Waals surface area contributed by atoms with E-state index in [0.717, 1.165) is 12.8 Å². The Morgan fingerprint density at radius 1 is 1.73 bits per heavy atom. The van der Waals surface area contributed by atoms with E-state index in [2.05, 4.69) is 10.3 Å². The molecule has 1 N–H and O–H groups in total. The summed E-state index contributed by atoms with van der Waals surface area (Å²) < 4.78 is 1.70. The average molecular weight is 228 g/mol. The molecule has 0 unspecified atom stereocenters. The van der Waals surface area contributed by atoms with Crippen molar-refractivity contribution in [2.75, 3.05) is 12.4 Å². The summed E-state index contributed by atoms with van der Waals surface area (Å²) >= 11 is 5.83. The van der Waals surface area contributed by atoms with E-state index in [1.165, 1.54) is 0 Å². The minimum absolute atomic E-state index is 0.0774. The lowest BCUT2D eigenvalue weighted by Crippen LogP contribution is -2.32. The number of amides is 1. The van der Waals surface area contributed by atoms with E-state index < -0.39 is 0 Å². The highest BCUT2D eigenvalue weighted by Crippen LogP contribution is 2.45. The first kappa shape index (κ1) is 10.5. The normalized spacial score (nSPS) is 17.5. The van der Waals surface area contributed by atoms with E-state index in [1.54, 1.807) is 24.1 Å². The van der Waals surface area contributed by atoms with Crippen molar-refractivity contribution < 1.29 is 4.79 Å². The second kappa shape index (κ2) is 3.85. The van der Waals surface area contributed by atoms with E-state index >= 15 is 0 Å². The fourth-order valence-corrected chi connectivity index (χ4v) is 1.83. The lowest BCUT2D eigenvalue weighted by Gasteiger charge is -2.12. The van der Waals surface area contributed by atoms with Crippen LogP contribution in [0, 0.1) is 5.41 Å². The van der Waals surface area contributed by atoms with Crippen molar-refractivity contribution in [2.45, 2.75) is 12.8 Å². The summed E-state index contributed by atoms with van der Waals surface area (Å²) in [5, 5.41) is 2.90. The Kier molecular flexibility index (Phi) is 2.69. The Bertz CT molecular complexity index is 370. The highest BCUT2D eigenvalue weighted by Gasteiger charge is 2.41. The first-order valence-electron chi connectivity index (χ1n) is 4.97. The fourth-order valence-electron chi connectivity index (χ4n) is 1.47. The molecule has 1 heterocycles. The van der Waals surface area contributed by atoms with Crippen molar-refractivity contribution >= 4 is 17.5 Å². The molecule has 0 spiro atoms. The second-order valence-corrected chi connectivity index (χ2v) is 4.47. The van der Waals surface area contributed by atoms with Gasteiger partial charge in [0.25, 0.3) is 5.91 Å². The molecular weight excluding hydrogens is 214 g/mol. The van der Waals surface area contributed by atoms with Crippen LogP contribution in [0.5, 0.6) is 0 Å². The maximum atomic E-state index is 11.7. The maximum Gasteiger partial charge on any atom is 0.269 e. The standard InChI is InChI=1S/C10H14ClN3O/c1-14-7-12-4-8(14)9(15)13-6-10(5-11)2-3-10/h4,7H,2-3,5-6H2,1H3,(H,13,15). The number of carbonyl (C=O) groups is 1. The van der Waals surface area contributed by atoms with Crippen LogP contribution in [0.15, 0.2) is 12.5 Å². The Labute approximate surface area is 93.6 Å². The molecule has 15 heavy (non-hydrogen) atoms. The number of halogens is 1. The molecular formula is C10H14ClN3O. The zero-order valence-electron chi connectivity index (χ0n) is 8.66. The van der Waals surface area contributed by atoms with Crippen LogP contribution in [0.4, 0.5) is 0 Å². The number of nitrogens with one attached hydrogen (secondary N) is 1. The monoisotopic (exact) mass is 227 g/mol. The molecule has 1 aromatic heterocycles. The smallest absolute Gasteiger partial charge is 0.269 e. The Morgan fingerprint density at radius 3 is 2.93 bits per heavy atom. The van der Waals surface area contributed by atoms with E-state index in [4.69, 9.17) is 11.6 Å². The predicted molar refractivity (Wildman–Crippen MR) is 57.9 cm³/mol. The molecule has 5 heteroatoms. The van der Waals surface area contributed by atoms with Crippen molar-refractivity contribution in [3.8, 4) is 0 Å². The molecule has 1 aromatic rings. The number of carbonyl (C=O) groups excluding carboxylic acids is 1. The van der Waals surface area contributed by atoms with Gasteiger partial charge in [-0.3, -0.25) is 4.79 Å². The topological polar surface area (TPSA) is 46.9 Å². The molecule has 0 bridgehead atoms. The number of aryl methyl sites for hydroxylation is 1. The molecule has 0 atom stereocenters. The number of hydrogen-bond donors (Lipinski definition) is 1. The SMILES string of the molecule is Cn1cncc1C(=O)NCC1(CCl)CC1. The third kappa shape index (κ3) is 2.15. The van der Waals surface area contributed by atoms with Gasteiger partial charge in [0.2, 0.25) is 0 Å². The molecule has 1 fully saturated rings. The zero-order chi connectivity index (χ0) is 10.9. The van der Waals surface area contributed by atoms with Gasteiger partial charge in [-0.1, -0.05) is 0 Å². The van der Waals surface area contributed by atoms with Gasteiger partial charge in [0.15, 0.2) is 0 Å². The van der Waals surface area contributed by atoms with E-state index in [9.17, 15) is 4.79 Å². The third-order valence-electron chi connectivity index (χ3n) is 2.91. The lowest BCUT2D eigenvalue weighted by molar-refractivity contribution is 0.0938. The van der Waals surface area contributed by atoms with Crippen molar-refractivity contribution in [3.05, 3.63) is 18.2 Å². The van der Waals surface area contributed by atoms with Crippen LogP contribution in [0.2, 0.25) is 0 Å². The van der Waals surface area contributed by atoms with Gasteiger partial charge in [-0.25, -0.2) is 4.98 Å². The van der Waals surface area contributed by atoms with Crippen LogP contribution >= 0.6 is 11.6 Å². The van der Waals surface area contributed by atoms with Gasteiger partial charge in [0, 0.05) is 24.9 Å². The molecule has 1 amide bonds. The molecule has 4 nitrogen and oxygen atoms in total. The molecule has 1 aliphatic rings. The predicted octanol–water partition coefficient (Wildman–Crippen LogP) is 1.17. The van der Waals surface area contributed by atoms with Crippen molar-refractivity contribution in [2.24, 2.45) is 12.5 Å². The van der Waals surface area contributed by atoms with Crippen LogP contribution in [-0.4, -0.2) is 27.9 Å². The van der Waals surface area contributed by atoms with Crippen LogP contribution in [-0.2, 0) is 7.05 Å². The summed E-state index contributed by atoms with van der Waals surface area (Å²) in [7, 11) is 1.80. The molecule has 0 radical (unpaired) electrons. The molecule has 2 rings (SSSR count). The highest BCUT2D eigenvalue weighted by molar-refractivity contribution is 6.18. The van der Waals surface area contributed by atoms with Gasteiger partial charge in [0.1, 0.15) is 5.69 Å². The van der Waals surface area contributed by atoms with E-state index in [1.807, 2.05) is 0 Å². The van der Waals surface area contributed by atoms with Gasteiger partial charge < -0.3 is 9.88 Å².